The summed E-state index contributed by atoms with van der Waals surface area (Å²) in [6.07, 6.45) is 3.13. The number of hydrogen-bond acceptors (Lipinski definition) is 6. The largest absolute Gasteiger partial charge is 0.308 e. The van der Waals surface area contributed by atoms with Gasteiger partial charge < -0.3 is 10.2 Å². The number of rotatable bonds is 6. The molecule has 1 saturated carbocycles. The molecule has 0 saturated heterocycles. The number of sulfonamides is 1. The number of fused-ring (bicyclic) bond motifs is 1. The summed E-state index contributed by atoms with van der Waals surface area (Å²) in [5.74, 6) is -0.611. The van der Waals surface area contributed by atoms with E-state index < -0.39 is 21.8 Å². The highest BCUT2D eigenvalue weighted by atomic mass is 32.2. The maximum Gasteiger partial charge on any atom is 0.269 e. The zero-order valence-corrected chi connectivity index (χ0v) is 16.4. The average molecular weight is 403 g/mol. The third kappa shape index (κ3) is 3.29. The van der Waals surface area contributed by atoms with E-state index in [0.29, 0.717) is 25.2 Å². The highest BCUT2D eigenvalue weighted by Crippen LogP contribution is 2.39. The lowest BCUT2D eigenvalue weighted by molar-refractivity contribution is 0.0864. The summed E-state index contributed by atoms with van der Waals surface area (Å²) in [6, 6.07) is 5.55. The summed E-state index contributed by atoms with van der Waals surface area (Å²) < 4.78 is 28.1. The minimum Gasteiger partial charge on any atom is -0.308 e. The fraction of sp³-hybridized carbons (Fsp3) is 0.389. The molecule has 1 N–H and O–H groups in total. The van der Waals surface area contributed by atoms with E-state index in [1.165, 1.54) is 18.2 Å². The van der Waals surface area contributed by atoms with Gasteiger partial charge in [-0.2, -0.15) is 5.10 Å². The number of carbonyl (C=O) groups is 2. The molecule has 2 amide bonds. The average Bonchev–Trinajstić information content (AvgIpc) is 3.32. The van der Waals surface area contributed by atoms with Gasteiger partial charge in [0, 0.05) is 30.4 Å². The molecule has 0 spiro atoms. The number of nitrogens with one attached hydrogen (secondary N) is 1. The first-order valence-corrected chi connectivity index (χ1v) is 10.4. The Labute approximate surface area is 163 Å². The number of benzene rings is 1. The number of hydrogen-bond donors (Lipinski definition) is 1. The molecule has 0 bridgehead atoms. The summed E-state index contributed by atoms with van der Waals surface area (Å²) in [6.45, 7) is 1.49. The van der Waals surface area contributed by atoms with Gasteiger partial charge in [-0.05, 0) is 45.1 Å². The smallest absolute Gasteiger partial charge is 0.269 e. The molecule has 0 atom stereocenters. The lowest BCUT2D eigenvalue weighted by Crippen LogP contribution is -2.31. The second kappa shape index (κ2) is 6.71. The minimum absolute atomic E-state index is 0.103. The van der Waals surface area contributed by atoms with Crippen molar-refractivity contribution in [1.82, 2.24) is 19.0 Å². The molecular formula is C18H21N5O4S. The summed E-state index contributed by atoms with van der Waals surface area (Å²) in [5, 5.41) is 6.95. The Morgan fingerprint density at radius 2 is 2.04 bits per heavy atom. The first-order valence-electron chi connectivity index (χ1n) is 9.00. The fourth-order valence-corrected chi connectivity index (χ4v) is 4.94. The molecule has 148 valence electrons. The van der Waals surface area contributed by atoms with E-state index in [-0.39, 0.29) is 22.1 Å². The highest BCUT2D eigenvalue weighted by molar-refractivity contribution is 7.90. The monoisotopic (exact) mass is 403 g/mol. The fourth-order valence-electron chi connectivity index (χ4n) is 3.10. The van der Waals surface area contributed by atoms with E-state index in [2.05, 4.69) is 10.4 Å². The third-order valence-corrected chi connectivity index (χ3v) is 6.62. The van der Waals surface area contributed by atoms with E-state index >= 15 is 0 Å². The first-order chi connectivity index (χ1) is 13.3. The number of likely N-dealkylation sites (N-methyl/N-ethyl adjacent to an activating group) is 1. The highest BCUT2D eigenvalue weighted by Gasteiger charge is 2.48. The van der Waals surface area contributed by atoms with Crippen molar-refractivity contribution in [3.05, 3.63) is 41.6 Å². The standard InChI is InChI=1S/C18H21N5O4S/c1-21(2)9-10-22-8-7-16(20-22)19-17(24)12-3-6-14-15(11-12)28(26,27)23(18(14)25)13-4-5-13/h3,6-8,11,13H,4-5,9-10H2,1-2H3,(H,19,20,24). The van der Waals surface area contributed by atoms with Crippen molar-refractivity contribution < 1.29 is 18.0 Å². The molecule has 1 aliphatic heterocycles. The van der Waals surface area contributed by atoms with Crippen LogP contribution < -0.4 is 5.32 Å². The number of nitrogens with zero attached hydrogens (tertiary/aromatic N) is 4. The maximum absolute atomic E-state index is 12.7. The Morgan fingerprint density at radius 1 is 1.29 bits per heavy atom. The van der Waals surface area contributed by atoms with E-state index in [1.54, 1.807) is 16.9 Å². The van der Waals surface area contributed by atoms with Crippen LogP contribution in [0.15, 0.2) is 35.4 Å². The van der Waals surface area contributed by atoms with E-state index in [4.69, 9.17) is 0 Å². The summed E-state index contributed by atoms with van der Waals surface area (Å²) in [5.41, 5.74) is 0.284. The van der Waals surface area contributed by atoms with Crippen LogP contribution >= 0.6 is 0 Å². The molecule has 2 heterocycles. The quantitative estimate of drug-likeness (QED) is 0.772. The van der Waals surface area contributed by atoms with Gasteiger partial charge >= 0.3 is 0 Å². The molecule has 2 aliphatic rings. The van der Waals surface area contributed by atoms with Crippen molar-refractivity contribution in [2.75, 3.05) is 26.0 Å². The van der Waals surface area contributed by atoms with Gasteiger partial charge in [-0.1, -0.05) is 0 Å². The molecule has 9 nitrogen and oxygen atoms in total. The van der Waals surface area contributed by atoms with Crippen molar-refractivity contribution in [1.29, 1.82) is 0 Å². The van der Waals surface area contributed by atoms with Crippen LogP contribution in [0, 0.1) is 0 Å². The Balaban J connectivity index is 1.53. The van der Waals surface area contributed by atoms with Crippen LogP contribution in [0.4, 0.5) is 5.82 Å². The number of carbonyl (C=O) groups excluding carboxylic acids is 2. The van der Waals surface area contributed by atoms with Gasteiger partial charge in [-0.25, -0.2) is 12.7 Å². The summed E-state index contributed by atoms with van der Waals surface area (Å²) in [7, 11) is 0.0298. The van der Waals surface area contributed by atoms with Crippen molar-refractivity contribution in [3.63, 3.8) is 0 Å². The second-order valence-corrected chi connectivity index (χ2v) is 9.05. The molecule has 4 rings (SSSR count). The molecule has 10 heteroatoms. The molecule has 1 fully saturated rings. The van der Waals surface area contributed by atoms with Crippen LogP contribution in [0.3, 0.4) is 0 Å². The second-order valence-electron chi connectivity index (χ2n) is 7.27. The van der Waals surface area contributed by atoms with Crippen molar-refractivity contribution in [2.24, 2.45) is 0 Å². The molecule has 0 unspecified atom stereocenters. The van der Waals surface area contributed by atoms with E-state index in [1.807, 2.05) is 19.0 Å². The van der Waals surface area contributed by atoms with Gasteiger partial charge in [0.25, 0.3) is 21.8 Å². The van der Waals surface area contributed by atoms with Gasteiger partial charge in [0.15, 0.2) is 5.82 Å². The van der Waals surface area contributed by atoms with Gasteiger partial charge in [-0.3, -0.25) is 14.3 Å². The Bertz CT molecular complexity index is 1060. The Morgan fingerprint density at radius 3 is 2.71 bits per heavy atom. The maximum atomic E-state index is 12.7. The van der Waals surface area contributed by atoms with E-state index in [0.717, 1.165) is 10.8 Å². The predicted octanol–water partition coefficient (Wildman–Crippen LogP) is 1.00. The Kier molecular flexibility index (Phi) is 4.47. The van der Waals surface area contributed by atoms with Gasteiger partial charge in [0.2, 0.25) is 0 Å². The lowest BCUT2D eigenvalue weighted by atomic mass is 10.1. The molecular weight excluding hydrogens is 382 g/mol. The number of amides is 2. The summed E-state index contributed by atoms with van der Waals surface area (Å²) in [4.78, 5) is 26.9. The van der Waals surface area contributed by atoms with Crippen LogP contribution in [-0.2, 0) is 16.6 Å². The Hall–Kier alpha value is -2.72. The lowest BCUT2D eigenvalue weighted by Gasteiger charge is -2.13. The number of anilines is 1. The predicted molar refractivity (Wildman–Crippen MR) is 102 cm³/mol. The molecule has 2 aromatic rings. The van der Waals surface area contributed by atoms with Crippen LogP contribution in [0.25, 0.3) is 0 Å². The normalized spacial score (nSPS) is 17.8. The first kappa shape index (κ1) is 18.6. The van der Waals surface area contributed by atoms with Crippen molar-refractivity contribution >= 4 is 27.7 Å². The molecule has 1 aromatic heterocycles. The summed E-state index contributed by atoms with van der Waals surface area (Å²) >= 11 is 0. The molecule has 28 heavy (non-hydrogen) atoms. The molecule has 1 aliphatic carbocycles. The van der Waals surface area contributed by atoms with Crippen molar-refractivity contribution in [3.8, 4) is 0 Å². The topological polar surface area (TPSA) is 105 Å². The van der Waals surface area contributed by atoms with Crippen molar-refractivity contribution in [2.45, 2.75) is 30.3 Å². The van der Waals surface area contributed by atoms with E-state index in [9.17, 15) is 18.0 Å². The SMILES string of the molecule is CN(C)CCn1ccc(NC(=O)c2ccc3c(c2)S(=O)(=O)N(C2CC2)C3=O)n1. The zero-order valence-electron chi connectivity index (χ0n) is 15.6. The van der Waals surface area contributed by atoms with Gasteiger partial charge in [0.1, 0.15) is 4.90 Å². The third-order valence-electron chi connectivity index (χ3n) is 4.75. The molecule has 0 radical (unpaired) electrons. The molecule has 1 aromatic carbocycles. The van der Waals surface area contributed by atoms with Crippen LogP contribution in [0.2, 0.25) is 0 Å². The van der Waals surface area contributed by atoms with Gasteiger partial charge in [0.05, 0.1) is 12.1 Å². The minimum atomic E-state index is -3.89. The number of aromatic nitrogens is 2. The zero-order chi connectivity index (χ0) is 20.1. The van der Waals surface area contributed by atoms with Crippen LogP contribution in [0.5, 0.6) is 0 Å². The van der Waals surface area contributed by atoms with Gasteiger partial charge in [-0.15, -0.1) is 0 Å². The van der Waals surface area contributed by atoms with Crippen LogP contribution in [0.1, 0.15) is 33.6 Å². The van der Waals surface area contributed by atoms with Crippen LogP contribution in [-0.4, -0.2) is 65.9 Å².